The molecular formula is C19H26N2O6. The Morgan fingerprint density at radius 3 is 2.04 bits per heavy atom. The Kier molecular flexibility index (Phi) is 7.96. The van der Waals surface area contributed by atoms with Crippen molar-refractivity contribution >= 4 is 29.3 Å². The van der Waals surface area contributed by atoms with E-state index in [0.717, 1.165) is 12.5 Å². The number of carbonyl (C=O) groups is 4. The highest BCUT2D eigenvalue weighted by Crippen LogP contribution is 2.23. The smallest absolute Gasteiger partial charge is 0.344 e. The van der Waals surface area contributed by atoms with E-state index in [1.165, 1.54) is 0 Å². The number of nitrogen functional groups attached to an aromatic ring is 1. The molecule has 0 unspecified atom stereocenters. The summed E-state index contributed by atoms with van der Waals surface area (Å²) in [5.41, 5.74) is 4.86. The molecule has 3 N–H and O–H groups in total. The lowest BCUT2D eigenvalue weighted by Gasteiger charge is -2.29. The van der Waals surface area contributed by atoms with E-state index in [2.05, 4.69) is 5.32 Å². The number of hydrogen-bond acceptors (Lipinski definition) is 7. The molecule has 1 aromatic rings. The molecule has 0 radical (unpaired) electrons. The van der Waals surface area contributed by atoms with E-state index in [0.29, 0.717) is 6.42 Å². The fraction of sp³-hybridized carbons (Fsp3) is 0.474. The minimum absolute atomic E-state index is 0.0405. The maximum atomic E-state index is 12.9. The number of hydrogen-bond donors (Lipinski definition) is 2. The number of nitrogens with two attached hydrogens (primary N) is 1. The third kappa shape index (κ3) is 5.29. The molecule has 1 rings (SSSR count). The third-order valence-corrected chi connectivity index (χ3v) is 3.89. The summed E-state index contributed by atoms with van der Waals surface area (Å²) in [6.07, 6.45) is 0.00870. The lowest BCUT2D eigenvalue weighted by molar-refractivity contribution is -0.167. The van der Waals surface area contributed by atoms with Crippen molar-refractivity contribution < 1.29 is 28.7 Å². The first-order valence-corrected chi connectivity index (χ1v) is 8.76. The monoisotopic (exact) mass is 378 g/mol. The van der Waals surface area contributed by atoms with E-state index < -0.39 is 35.6 Å². The average Bonchev–Trinajstić information content (AvgIpc) is 2.61. The number of amides is 1. The van der Waals surface area contributed by atoms with Crippen LogP contribution < -0.4 is 11.1 Å². The van der Waals surface area contributed by atoms with Gasteiger partial charge in [0.05, 0.1) is 19.6 Å². The number of esters is 2. The predicted octanol–water partition coefficient (Wildman–Crippen LogP) is 1.41. The minimum atomic E-state index is -2.27. The number of nitrogens with one attached hydrogen (secondary N) is 1. The van der Waals surface area contributed by atoms with Crippen LogP contribution in [0.1, 0.15) is 50.0 Å². The number of anilines is 1. The van der Waals surface area contributed by atoms with Gasteiger partial charge in [0.15, 0.2) is 5.78 Å². The van der Waals surface area contributed by atoms with Gasteiger partial charge >= 0.3 is 11.9 Å². The highest BCUT2D eigenvalue weighted by atomic mass is 16.6. The van der Waals surface area contributed by atoms with Crippen LogP contribution >= 0.6 is 0 Å². The van der Waals surface area contributed by atoms with E-state index in [4.69, 9.17) is 15.2 Å². The van der Waals surface area contributed by atoms with Crippen LogP contribution in [0, 0.1) is 0 Å². The van der Waals surface area contributed by atoms with Gasteiger partial charge in [-0.1, -0.05) is 13.0 Å². The van der Waals surface area contributed by atoms with Gasteiger partial charge in [0.2, 0.25) is 11.4 Å². The van der Waals surface area contributed by atoms with Crippen molar-refractivity contribution in [2.75, 3.05) is 18.9 Å². The summed E-state index contributed by atoms with van der Waals surface area (Å²) < 4.78 is 9.90. The molecule has 0 saturated heterocycles. The molecule has 0 saturated carbocycles. The lowest BCUT2D eigenvalue weighted by Crippen LogP contribution is -2.62. The van der Waals surface area contributed by atoms with Crippen molar-refractivity contribution in [3.05, 3.63) is 29.3 Å². The molecule has 0 bridgehead atoms. The molecular weight excluding hydrogens is 352 g/mol. The molecule has 8 heteroatoms. The Labute approximate surface area is 158 Å². The first-order chi connectivity index (χ1) is 12.7. The Hall–Kier alpha value is -2.90. The molecule has 0 fully saturated rings. The zero-order chi connectivity index (χ0) is 20.6. The summed E-state index contributed by atoms with van der Waals surface area (Å²) in [5, 5.41) is 2.26. The Morgan fingerprint density at radius 1 is 1.04 bits per heavy atom. The van der Waals surface area contributed by atoms with Gasteiger partial charge in [-0.25, -0.2) is 9.59 Å². The van der Waals surface area contributed by atoms with Crippen molar-refractivity contribution in [1.29, 1.82) is 0 Å². The second kappa shape index (κ2) is 9.70. The predicted molar refractivity (Wildman–Crippen MR) is 99.0 cm³/mol. The second-order valence-corrected chi connectivity index (χ2v) is 5.90. The summed E-state index contributed by atoms with van der Waals surface area (Å²) in [6, 6.07) is 4.97. The topological polar surface area (TPSA) is 125 Å². The normalized spacial score (nSPS) is 10.8. The number of Topliss-reactive ketones (excluding diaryl/α,β-unsaturated/α-hetero) is 1. The fourth-order valence-corrected chi connectivity index (χ4v) is 2.58. The first-order valence-electron chi connectivity index (χ1n) is 8.76. The Bertz CT molecular complexity index is 711. The van der Waals surface area contributed by atoms with Crippen LogP contribution in [0.5, 0.6) is 0 Å². The van der Waals surface area contributed by atoms with Gasteiger partial charge in [0.25, 0.3) is 0 Å². The van der Waals surface area contributed by atoms with Crippen LogP contribution in [0.2, 0.25) is 0 Å². The standard InChI is InChI=1S/C19H26N2O6/c1-5-13-8-9-15(20)14(10-13)16(23)11-19(21-12(4)22,17(24)26-6-2)18(25)27-7-3/h8-10H,5-7,11,20H2,1-4H3,(H,21,22). The molecule has 0 aromatic heterocycles. The van der Waals surface area contributed by atoms with Crippen molar-refractivity contribution in [2.24, 2.45) is 0 Å². The van der Waals surface area contributed by atoms with Gasteiger partial charge in [0.1, 0.15) is 0 Å². The van der Waals surface area contributed by atoms with E-state index in [9.17, 15) is 19.2 Å². The van der Waals surface area contributed by atoms with Gasteiger partial charge in [0, 0.05) is 18.2 Å². The third-order valence-electron chi connectivity index (χ3n) is 3.89. The van der Waals surface area contributed by atoms with E-state index in [1.54, 1.807) is 32.0 Å². The number of ketones is 1. The molecule has 8 nitrogen and oxygen atoms in total. The highest BCUT2D eigenvalue weighted by molar-refractivity contribution is 6.14. The van der Waals surface area contributed by atoms with Crippen molar-refractivity contribution in [3.63, 3.8) is 0 Å². The van der Waals surface area contributed by atoms with Crippen molar-refractivity contribution in [3.8, 4) is 0 Å². The van der Waals surface area contributed by atoms with E-state index >= 15 is 0 Å². The summed E-state index contributed by atoms with van der Waals surface area (Å²) >= 11 is 0. The molecule has 0 atom stereocenters. The maximum Gasteiger partial charge on any atom is 0.344 e. The summed E-state index contributed by atoms with van der Waals surface area (Å²) in [4.78, 5) is 49.7. The van der Waals surface area contributed by atoms with Crippen LogP contribution in [0.15, 0.2) is 18.2 Å². The lowest BCUT2D eigenvalue weighted by atomic mass is 9.88. The summed E-state index contributed by atoms with van der Waals surface area (Å²) in [7, 11) is 0. The zero-order valence-corrected chi connectivity index (χ0v) is 16.1. The van der Waals surface area contributed by atoms with E-state index in [1.807, 2.05) is 6.92 Å². The molecule has 0 aliphatic heterocycles. The molecule has 0 aliphatic carbocycles. The molecule has 0 aliphatic rings. The molecule has 0 heterocycles. The van der Waals surface area contributed by atoms with Crippen molar-refractivity contribution in [1.82, 2.24) is 5.32 Å². The molecule has 27 heavy (non-hydrogen) atoms. The number of aryl methyl sites for hydroxylation is 1. The van der Waals surface area contributed by atoms with Crippen LogP contribution in [-0.4, -0.2) is 42.4 Å². The molecule has 148 valence electrons. The Balaban J connectivity index is 3.40. The number of ether oxygens (including phenoxy) is 2. The quantitative estimate of drug-likeness (QED) is 0.288. The van der Waals surface area contributed by atoms with Crippen LogP contribution in [0.3, 0.4) is 0 Å². The largest absolute Gasteiger partial charge is 0.464 e. The van der Waals surface area contributed by atoms with Gasteiger partial charge in [-0.2, -0.15) is 0 Å². The van der Waals surface area contributed by atoms with Gasteiger partial charge in [-0.3, -0.25) is 9.59 Å². The minimum Gasteiger partial charge on any atom is -0.464 e. The fourth-order valence-electron chi connectivity index (χ4n) is 2.58. The van der Waals surface area contributed by atoms with Crippen LogP contribution in [-0.2, 0) is 30.3 Å². The van der Waals surface area contributed by atoms with Crippen molar-refractivity contribution in [2.45, 2.75) is 46.1 Å². The maximum absolute atomic E-state index is 12.9. The second-order valence-electron chi connectivity index (χ2n) is 5.90. The number of benzene rings is 1. The van der Waals surface area contributed by atoms with Gasteiger partial charge in [-0.15, -0.1) is 0 Å². The molecule has 0 spiro atoms. The number of rotatable bonds is 9. The summed E-state index contributed by atoms with van der Waals surface area (Å²) in [5.74, 6) is -3.38. The average molecular weight is 378 g/mol. The van der Waals surface area contributed by atoms with Crippen LogP contribution in [0.4, 0.5) is 5.69 Å². The number of carbonyl (C=O) groups excluding carboxylic acids is 4. The van der Waals surface area contributed by atoms with Crippen LogP contribution in [0.25, 0.3) is 0 Å². The highest BCUT2D eigenvalue weighted by Gasteiger charge is 2.51. The first kappa shape index (κ1) is 22.1. The van der Waals surface area contributed by atoms with E-state index in [-0.39, 0.29) is 24.5 Å². The Morgan fingerprint density at radius 2 is 1.59 bits per heavy atom. The molecule has 1 aromatic carbocycles. The summed E-state index contributed by atoms with van der Waals surface area (Å²) in [6.45, 7) is 6.06. The van der Waals surface area contributed by atoms with Gasteiger partial charge < -0.3 is 20.5 Å². The van der Waals surface area contributed by atoms with Gasteiger partial charge in [-0.05, 0) is 38.0 Å². The molecule has 1 amide bonds. The SMILES string of the molecule is CCOC(=O)C(CC(=O)c1cc(CC)ccc1N)(NC(C)=O)C(=O)OCC. The zero-order valence-electron chi connectivity index (χ0n) is 16.1.